The first kappa shape index (κ1) is 29.3. The number of esters is 1. The van der Waals surface area contributed by atoms with Crippen LogP contribution in [0, 0.1) is 6.92 Å². The van der Waals surface area contributed by atoms with Crippen molar-refractivity contribution < 1.29 is 27.5 Å². The maximum absolute atomic E-state index is 13.8. The molecule has 42 heavy (non-hydrogen) atoms. The Hall–Kier alpha value is -4.22. The van der Waals surface area contributed by atoms with Crippen LogP contribution in [0.25, 0.3) is 22.0 Å². The number of aryl methyl sites for hydroxylation is 1. The van der Waals surface area contributed by atoms with E-state index in [2.05, 4.69) is 47.4 Å². The molecule has 212 valence electrons. The first-order valence-electron chi connectivity index (χ1n) is 12.4. The smallest absolute Gasteiger partial charge is 0.418 e. The zero-order chi connectivity index (χ0) is 30.0. The maximum Gasteiger partial charge on any atom is 0.418 e. The summed E-state index contributed by atoms with van der Waals surface area (Å²) in [5.74, 6) is -1.19. The lowest BCUT2D eigenvalue weighted by atomic mass is 10.0. The number of carbonyl (C=O) groups is 2. The van der Waals surface area contributed by atoms with E-state index in [1.54, 1.807) is 60.7 Å². The van der Waals surface area contributed by atoms with Crippen LogP contribution in [0.4, 0.5) is 13.2 Å². The summed E-state index contributed by atoms with van der Waals surface area (Å²) in [4.78, 5) is 28.8. The number of para-hydroxylation sites is 1. The second-order valence-corrected chi connectivity index (χ2v) is 11.0. The van der Waals surface area contributed by atoms with Gasteiger partial charge in [-0.2, -0.15) is 18.3 Å². The van der Waals surface area contributed by atoms with Crippen molar-refractivity contribution in [1.29, 1.82) is 0 Å². The Bertz CT molecular complexity index is 1850. The molecule has 1 heterocycles. The van der Waals surface area contributed by atoms with Gasteiger partial charge in [-0.15, -0.1) is 0 Å². The van der Waals surface area contributed by atoms with Gasteiger partial charge in [-0.3, -0.25) is 4.79 Å². The lowest BCUT2D eigenvalue weighted by Crippen LogP contribution is -2.19. The number of hydrogen-bond acceptors (Lipinski definition) is 4. The van der Waals surface area contributed by atoms with Gasteiger partial charge >= 0.3 is 12.1 Å². The number of ether oxygens (including phenoxy) is 1. The van der Waals surface area contributed by atoms with E-state index in [9.17, 15) is 22.8 Å². The number of benzene rings is 4. The number of nitrogens with one attached hydrogen (secondary N) is 2. The maximum atomic E-state index is 13.8. The number of nitrogens with zero attached hydrogens (tertiary/aromatic N) is 1. The highest BCUT2D eigenvalue weighted by molar-refractivity contribution is 9.11. The Labute approximate surface area is 254 Å². The molecule has 0 aliphatic carbocycles. The van der Waals surface area contributed by atoms with E-state index >= 15 is 0 Å². The van der Waals surface area contributed by atoms with E-state index in [4.69, 9.17) is 4.74 Å². The third-order valence-corrected chi connectivity index (χ3v) is 7.33. The normalized spacial score (nSPS) is 11.7. The Balaban J connectivity index is 1.48. The molecule has 0 spiro atoms. The number of aromatic amines is 1. The average Bonchev–Trinajstić information content (AvgIpc) is 3.34. The molecule has 11 heteroatoms. The predicted octanol–water partition coefficient (Wildman–Crippen LogP) is 8.67. The first-order chi connectivity index (χ1) is 20.0. The molecule has 4 aromatic carbocycles. The molecule has 2 N–H and O–H groups in total. The van der Waals surface area contributed by atoms with E-state index in [1.807, 2.05) is 13.0 Å². The van der Waals surface area contributed by atoms with Gasteiger partial charge in [0, 0.05) is 21.0 Å². The van der Waals surface area contributed by atoms with Crippen LogP contribution in [0.2, 0.25) is 0 Å². The number of H-pyrrole nitrogens is 1. The largest absolute Gasteiger partial charge is 0.421 e. The number of carbonyl (C=O) groups excluding carboxylic acids is 2. The summed E-state index contributed by atoms with van der Waals surface area (Å²) < 4.78 is 48.1. The van der Waals surface area contributed by atoms with E-state index in [0.717, 1.165) is 11.6 Å². The molecule has 6 nitrogen and oxygen atoms in total. The summed E-state index contributed by atoms with van der Waals surface area (Å²) in [6.45, 7) is 1.85. The Kier molecular flexibility index (Phi) is 8.33. The van der Waals surface area contributed by atoms with Crippen molar-refractivity contribution in [2.45, 2.75) is 13.1 Å². The van der Waals surface area contributed by atoms with Gasteiger partial charge < -0.3 is 9.72 Å². The van der Waals surface area contributed by atoms with Gasteiger partial charge in [-0.05, 0) is 58.7 Å². The van der Waals surface area contributed by atoms with Gasteiger partial charge in [-0.1, -0.05) is 76.1 Å². The molecule has 0 aliphatic heterocycles. The summed E-state index contributed by atoms with van der Waals surface area (Å²) in [7, 11) is 0. The zero-order valence-corrected chi connectivity index (χ0v) is 24.9. The van der Waals surface area contributed by atoms with E-state index in [-0.39, 0.29) is 22.3 Å². The molecular formula is C31H20Br2F3N3O3. The lowest BCUT2D eigenvalue weighted by molar-refractivity contribution is -0.136. The van der Waals surface area contributed by atoms with Crippen LogP contribution in [-0.4, -0.2) is 23.1 Å². The number of fused-ring (bicyclic) bond motifs is 1. The van der Waals surface area contributed by atoms with E-state index in [1.165, 1.54) is 18.3 Å². The number of hydrogen-bond donors (Lipinski definition) is 2. The Morgan fingerprint density at radius 1 is 0.952 bits per heavy atom. The molecule has 0 unspecified atom stereocenters. The van der Waals surface area contributed by atoms with Gasteiger partial charge in [0.1, 0.15) is 5.69 Å². The zero-order valence-electron chi connectivity index (χ0n) is 21.7. The van der Waals surface area contributed by atoms with Crippen LogP contribution in [0.3, 0.4) is 0 Å². The molecule has 0 aliphatic rings. The van der Waals surface area contributed by atoms with Gasteiger partial charge in [0.2, 0.25) is 0 Å². The molecule has 0 saturated carbocycles. The molecule has 5 rings (SSSR count). The third-order valence-electron chi connectivity index (χ3n) is 6.28. The Morgan fingerprint density at radius 3 is 2.40 bits per heavy atom. The molecule has 1 amide bonds. The summed E-state index contributed by atoms with van der Waals surface area (Å²) in [5.41, 5.74) is 3.64. The fourth-order valence-corrected chi connectivity index (χ4v) is 5.79. The van der Waals surface area contributed by atoms with Crippen molar-refractivity contribution in [2.75, 3.05) is 0 Å². The van der Waals surface area contributed by atoms with Crippen molar-refractivity contribution in [1.82, 2.24) is 10.4 Å². The minimum atomic E-state index is -4.63. The molecule has 0 saturated heterocycles. The van der Waals surface area contributed by atoms with Crippen LogP contribution < -0.4 is 10.2 Å². The summed E-state index contributed by atoms with van der Waals surface area (Å²) in [5, 5.41) is 4.27. The van der Waals surface area contributed by atoms with Gasteiger partial charge in [0.15, 0.2) is 5.75 Å². The van der Waals surface area contributed by atoms with Crippen LogP contribution >= 0.6 is 31.9 Å². The van der Waals surface area contributed by atoms with Crippen LogP contribution in [0.5, 0.6) is 5.75 Å². The summed E-state index contributed by atoms with van der Waals surface area (Å²) >= 11 is 6.78. The van der Waals surface area contributed by atoms with Gasteiger partial charge in [0.25, 0.3) is 5.91 Å². The molecule has 0 fully saturated rings. The topological polar surface area (TPSA) is 83.5 Å². The minimum absolute atomic E-state index is 0.0911. The number of alkyl halides is 3. The van der Waals surface area contributed by atoms with E-state index < -0.39 is 23.6 Å². The monoisotopic (exact) mass is 697 g/mol. The summed E-state index contributed by atoms with van der Waals surface area (Å²) in [6, 6.07) is 22.7. The molecule has 1 aromatic heterocycles. The summed E-state index contributed by atoms with van der Waals surface area (Å²) in [6.07, 6.45) is -3.36. The number of halogens is 5. The molecular weight excluding hydrogens is 679 g/mol. The molecule has 0 radical (unpaired) electrons. The second-order valence-electron chi connectivity index (χ2n) is 9.23. The lowest BCUT2D eigenvalue weighted by Gasteiger charge is -2.11. The number of rotatable bonds is 6. The number of amides is 1. The number of aromatic nitrogens is 1. The fourth-order valence-electron chi connectivity index (χ4n) is 4.45. The highest BCUT2D eigenvalue weighted by Gasteiger charge is 2.34. The third kappa shape index (κ3) is 6.17. The Morgan fingerprint density at radius 2 is 1.69 bits per heavy atom. The van der Waals surface area contributed by atoms with Crippen LogP contribution in [0.15, 0.2) is 99.0 Å². The van der Waals surface area contributed by atoms with Crippen molar-refractivity contribution in [3.8, 4) is 16.9 Å². The number of hydrazone groups is 1. The predicted molar refractivity (Wildman–Crippen MR) is 162 cm³/mol. The van der Waals surface area contributed by atoms with E-state index in [0.29, 0.717) is 31.2 Å². The quantitative estimate of drug-likeness (QED) is 0.0806. The van der Waals surface area contributed by atoms with Gasteiger partial charge in [0.05, 0.1) is 27.3 Å². The fraction of sp³-hybridized carbons (Fsp3) is 0.0645. The minimum Gasteiger partial charge on any atom is -0.421 e. The highest BCUT2D eigenvalue weighted by Crippen LogP contribution is 2.40. The van der Waals surface area contributed by atoms with Gasteiger partial charge in [-0.25, -0.2) is 10.2 Å². The molecule has 0 bridgehead atoms. The van der Waals surface area contributed by atoms with Crippen molar-refractivity contribution in [3.63, 3.8) is 0 Å². The first-order valence-corrected chi connectivity index (χ1v) is 14.0. The van der Waals surface area contributed by atoms with Crippen molar-refractivity contribution >= 4 is 60.9 Å². The van der Waals surface area contributed by atoms with Crippen LogP contribution in [-0.2, 0) is 6.18 Å². The molecule has 0 atom stereocenters. The molecule has 5 aromatic rings. The van der Waals surface area contributed by atoms with Crippen molar-refractivity contribution in [2.24, 2.45) is 5.10 Å². The van der Waals surface area contributed by atoms with Crippen LogP contribution in [0.1, 0.15) is 37.5 Å². The highest BCUT2D eigenvalue weighted by atomic mass is 79.9. The standard InChI is InChI=1S/C31H20Br2F3N3O3/c1-17-7-5-10-19(13-17)30(41)42-28-20(14-21(32)15-24(28)33)16-37-39-29(40)27-25(18-8-3-2-4-9-18)22-11-6-12-23(26(22)38-27)31(34,35)36/h2-16,38H,1H3,(H,39,40). The SMILES string of the molecule is Cc1cccc(C(=O)Oc2c(Br)cc(Br)cc2C=NNC(=O)c2[nH]c3c(C(F)(F)F)cccc3c2-c2ccccc2)c1. The average molecular weight is 699 g/mol. The van der Waals surface area contributed by atoms with Crippen molar-refractivity contribution in [3.05, 3.63) is 122 Å². The second kappa shape index (κ2) is 11.9.